The summed E-state index contributed by atoms with van der Waals surface area (Å²) in [4.78, 5) is 2.31. The number of hydrogen-bond acceptors (Lipinski definition) is 2. The van der Waals surface area contributed by atoms with Crippen LogP contribution in [-0.4, -0.2) is 33.7 Å². The van der Waals surface area contributed by atoms with E-state index in [4.69, 9.17) is 11.6 Å². The first-order valence-electron chi connectivity index (χ1n) is 5.06. The van der Waals surface area contributed by atoms with Crippen LogP contribution >= 0.6 is 11.6 Å². The average molecular weight is 244 g/mol. The molecule has 1 aliphatic heterocycles. The monoisotopic (exact) mass is 243 g/mol. The minimum Gasteiger partial charge on any atom is -0.297 e. The zero-order valence-electron chi connectivity index (χ0n) is 8.49. The Kier molecular flexibility index (Phi) is 3.78. The van der Waals surface area contributed by atoms with Crippen molar-refractivity contribution < 1.29 is 4.21 Å². The predicted octanol–water partition coefficient (Wildman–Crippen LogP) is 1.90. The van der Waals surface area contributed by atoms with E-state index in [0.717, 1.165) is 41.7 Å². The highest BCUT2D eigenvalue weighted by molar-refractivity contribution is 7.85. The van der Waals surface area contributed by atoms with Gasteiger partial charge >= 0.3 is 0 Å². The van der Waals surface area contributed by atoms with E-state index in [1.54, 1.807) is 0 Å². The van der Waals surface area contributed by atoms with Crippen molar-refractivity contribution in [3.63, 3.8) is 0 Å². The lowest BCUT2D eigenvalue weighted by atomic mass is 10.2. The van der Waals surface area contributed by atoms with Crippen molar-refractivity contribution in [3.8, 4) is 0 Å². The number of rotatable bonds is 2. The summed E-state index contributed by atoms with van der Waals surface area (Å²) in [5.74, 6) is 1.59. The molecule has 0 atom stereocenters. The van der Waals surface area contributed by atoms with Gasteiger partial charge < -0.3 is 0 Å². The van der Waals surface area contributed by atoms with Crippen LogP contribution in [0.3, 0.4) is 0 Å². The number of hydrogen-bond donors (Lipinski definition) is 0. The highest BCUT2D eigenvalue weighted by Crippen LogP contribution is 2.17. The van der Waals surface area contributed by atoms with Gasteiger partial charge in [0, 0.05) is 47.0 Å². The first kappa shape index (κ1) is 11.1. The summed E-state index contributed by atoms with van der Waals surface area (Å²) in [7, 11) is -0.599. The van der Waals surface area contributed by atoms with Crippen molar-refractivity contribution in [2.75, 3.05) is 24.6 Å². The van der Waals surface area contributed by atoms with Crippen LogP contribution in [0.15, 0.2) is 24.3 Å². The van der Waals surface area contributed by atoms with Gasteiger partial charge in [0.2, 0.25) is 0 Å². The van der Waals surface area contributed by atoms with E-state index < -0.39 is 10.8 Å². The molecule has 1 aromatic rings. The zero-order valence-corrected chi connectivity index (χ0v) is 10.1. The molecule has 82 valence electrons. The molecular weight excluding hydrogens is 230 g/mol. The summed E-state index contributed by atoms with van der Waals surface area (Å²) in [5, 5.41) is 0.823. The molecule has 15 heavy (non-hydrogen) atoms. The second-order valence-electron chi connectivity index (χ2n) is 3.72. The third kappa shape index (κ3) is 3.03. The van der Waals surface area contributed by atoms with E-state index in [1.807, 2.05) is 24.3 Å². The van der Waals surface area contributed by atoms with Crippen LogP contribution in [0.2, 0.25) is 5.02 Å². The van der Waals surface area contributed by atoms with E-state index in [0.29, 0.717) is 0 Å². The van der Waals surface area contributed by atoms with Crippen molar-refractivity contribution in [2.45, 2.75) is 6.54 Å². The molecule has 1 heterocycles. The molecule has 0 amide bonds. The molecule has 1 fully saturated rings. The lowest BCUT2D eigenvalue weighted by molar-refractivity contribution is 0.291. The number of benzene rings is 1. The largest absolute Gasteiger partial charge is 0.297 e. The Balaban J connectivity index is 1.97. The molecule has 0 bridgehead atoms. The molecule has 0 aromatic heterocycles. The fourth-order valence-corrected chi connectivity index (χ4v) is 3.02. The minimum absolute atomic E-state index is 0.599. The predicted molar refractivity (Wildman–Crippen MR) is 64.6 cm³/mol. The molecule has 0 unspecified atom stereocenters. The molecule has 0 aliphatic carbocycles. The number of nitrogens with zero attached hydrogens (tertiary/aromatic N) is 1. The van der Waals surface area contributed by atoms with Gasteiger partial charge in [0.05, 0.1) is 0 Å². The maximum absolute atomic E-state index is 11.2. The summed E-state index contributed by atoms with van der Waals surface area (Å²) in [6.45, 7) is 2.70. The van der Waals surface area contributed by atoms with Crippen LogP contribution < -0.4 is 0 Å². The highest BCUT2D eigenvalue weighted by atomic mass is 35.5. The van der Waals surface area contributed by atoms with Gasteiger partial charge in [-0.25, -0.2) is 0 Å². The molecule has 0 N–H and O–H groups in total. The summed E-state index contributed by atoms with van der Waals surface area (Å²) < 4.78 is 11.2. The zero-order chi connectivity index (χ0) is 10.7. The van der Waals surface area contributed by atoms with Gasteiger partial charge in [-0.3, -0.25) is 9.11 Å². The van der Waals surface area contributed by atoms with Crippen molar-refractivity contribution in [1.82, 2.24) is 4.90 Å². The Morgan fingerprint density at radius 3 is 2.60 bits per heavy atom. The van der Waals surface area contributed by atoms with Crippen molar-refractivity contribution in [3.05, 3.63) is 34.9 Å². The molecule has 1 aromatic carbocycles. The van der Waals surface area contributed by atoms with Gasteiger partial charge in [-0.2, -0.15) is 0 Å². The molecule has 1 saturated heterocycles. The Hall–Kier alpha value is -0.380. The minimum atomic E-state index is -0.599. The molecule has 2 rings (SSSR count). The smallest absolute Gasteiger partial charge is 0.0451 e. The Labute approximate surface area is 97.7 Å². The van der Waals surface area contributed by atoms with Gasteiger partial charge in [0.1, 0.15) is 0 Å². The lowest BCUT2D eigenvalue weighted by Crippen LogP contribution is -2.37. The second-order valence-corrected chi connectivity index (χ2v) is 5.82. The van der Waals surface area contributed by atoms with Crippen LogP contribution in [0.5, 0.6) is 0 Å². The second kappa shape index (κ2) is 5.10. The Morgan fingerprint density at radius 1 is 1.27 bits per heavy atom. The number of halogens is 1. The van der Waals surface area contributed by atoms with Gasteiger partial charge in [-0.1, -0.05) is 29.8 Å². The summed E-state index contributed by atoms with van der Waals surface area (Å²) >= 11 is 6.09. The Morgan fingerprint density at radius 2 is 1.93 bits per heavy atom. The summed E-state index contributed by atoms with van der Waals surface area (Å²) in [6.07, 6.45) is 0. The van der Waals surface area contributed by atoms with E-state index in [2.05, 4.69) is 4.90 Å². The van der Waals surface area contributed by atoms with Gasteiger partial charge in [-0.05, 0) is 11.6 Å². The van der Waals surface area contributed by atoms with Crippen molar-refractivity contribution >= 4 is 22.4 Å². The standard InChI is InChI=1S/C11H14ClNOS/c12-11-4-2-1-3-10(11)9-13-5-7-15(14)8-6-13/h1-4H,5-9H2. The highest BCUT2D eigenvalue weighted by Gasteiger charge is 2.15. The van der Waals surface area contributed by atoms with Crippen LogP contribution in [-0.2, 0) is 17.3 Å². The topological polar surface area (TPSA) is 20.3 Å². The summed E-state index contributed by atoms with van der Waals surface area (Å²) in [6, 6.07) is 7.91. The van der Waals surface area contributed by atoms with E-state index >= 15 is 0 Å². The fraction of sp³-hybridized carbons (Fsp3) is 0.455. The van der Waals surface area contributed by atoms with Crippen LogP contribution in [0.25, 0.3) is 0 Å². The molecule has 4 heteroatoms. The van der Waals surface area contributed by atoms with E-state index in [-0.39, 0.29) is 0 Å². The lowest BCUT2D eigenvalue weighted by Gasteiger charge is -2.26. The van der Waals surface area contributed by atoms with Crippen molar-refractivity contribution in [2.24, 2.45) is 0 Å². The molecular formula is C11H14ClNOS. The first-order valence-corrected chi connectivity index (χ1v) is 6.93. The first-order chi connectivity index (χ1) is 7.25. The third-order valence-corrected chi connectivity index (χ3v) is 4.27. The molecule has 0 saturated carbocycles. The van der Waals surface area contributed by atoms with Gasteiger partial charge in [-0.15, -0.1) is 0 Å². The molecule has 1 aliphatic rings. The van der Waals surface area contributed by atoms with Crippen molar-refractivity contribution in [1.29, 1.82) is 0 Å². The van der Waals surface area contributed by atoms with Gasteiger partial charge in [0.25, 0.3) is 0 Å². The van der Waals surface area contributed by atoms with E-state index in [9.17, 15) is 4.21 Å². The third-order valence-electron chi connectivity index (χ3n) is 2.62. The molecule has 2 nitrogen and oxygen atoms in total. The fourth-order valence-electron chi connectivity index (χ4n) is 1.70. The van der Waals surface area contributed by atoms with Gasteiger partial charge in [0.15, 0.2) is 0 Å². The average Bonchev–Trinajstić information content (AvgIpc) is 2.25. The maximum atomic E-state index is 11.2. The van der Waals surface area contributed by atoms with Crippen LogP contribution in [0.1, 0.15) is 5.56 Å². The SMILES string of the molecule is O=S1CCN(Cc2ccccc2Cl)CC1. The normalized spacial score (nSPS) is 19.3. The summed E-state index contributed by atoms with van der Waals surface area (Å²) in [5.41, 5.74) is 1.16. The maximum Gasteiger partial charge on any atom is 0.0451 e. The Bertz CT molecular complexity index is 359. The quantitative estimate of drug-likeness (QED) is 0.791. The molecule has 0 radical (unpaired) electrons. The van der Waals surface area contributed by atoms with Crippen LogP contribution in [0, 0.1) is 0 Å². The molecule has 0 spiro atoms. The van der Waals surface area contributed by atoms with E-state index in [1.165, 1.54) is 0 Å². The van der Waals surface area contributed by atoms with Crippen LogP contribution in [0.4, 0.5) is 0 Å².